The number of amides is 3. The molecule has 9 nitrogen and oxygen atoms in total. The summed E-state index contributed by atoms with van der Waals surface area (Å²) < 4.78 is 0. The van der Waals surface area contributed by atoms with Crippen LogP contribution in [0, 0.1) is 11.8 Å². The van der Waals surface area contributed by atoms with Gasteiger partial charge in [-0.2, -0.15) is 0 Å². The van der Waals surface area contributed by atoms with Gasteiger partial charge >= 0.3 is 6.09 Å². The van der Waals surface area contributed by atoms with E-state index in [4.69, 9.17) is 4.84 Å². The maximum absolute atomic E-state index is 13.6. The lowest BCUT2D eigenvalue weighted by Gasteiger charge is -2.29. The highest BCUT2D eigenvalue weighted by Crippen LogP contribution is 2.31. The molecule has 1 aromatic rings. The van der Waals surface area contributed by atoms with Crippen LogP contribution >= 0.6 is 0 Å². The molecule has 1 aromatic carbocycles. The van der Waals surface area contributed by atoms with Crippen LogP contribution in [0.15, 0.2) is 24.3 Å². The molecule has 204 valence electrons. The highest BCUT2D eigenvalue weighted by atomic mass is 16.7. The Hall–Kier alpha value is -2.94. The summed E-state index contributed by atoms with van der Waals surface area (Å²) in [5, 5.41) is 6.99. The Bertz CT molecular complexity index is 999. The molecule has 2 aliphatic rings. The van der Waals surface area contributed by atoms with E-state index in [0.717, 1.165) is 5.56 Å². The fraction of sp³-hybridized carbons (Fsp3) is 0.643. The second-order valence-corrected chi connectivity index (χ2v) is 12.0. The molecule has 3 rings (SSSR count). The van der Waals surface area contributed by atoms with Crippen molar-refractivity contribution in [3.63, 3.8) is 0 Å². The fourth-order valence-electron chi connectivity index (χ4n) is 4.86. The molecule has 0 saturated carbocycles. The number of likely N-dealkylation sites (tertiary alicyclic amines) is 1. The number of nitrogens with zero attached hydrogens (tertiary/aromatic N) is 2. The van der Waals surface area contributed by atoms with Crippen molar-refractivity contribution < 1.29 is 24.0 Å². The van der Waals surface area contributed by atoms with Crippen molar-refractivity contribution in [2.45, 2.75) is 84.8 Å². The lowest BCUT2D eigenvalue weighted by Crippen LogP contribution is -2.53. The van der Waals surface area contributed by atoms with E-state index >= 15 is 0 Å². The molecule has 2 fully saturated rings. The third-order valence-corrected chi connectivity index (χ3v) is 6.84. The average Bonchev–Trinajstić information content (AvgIpc) is 3.37. The molecule has 2 saturated heterocycles. The van der Waals surface area contributed by atoms with Gasteiger partial charge in [-0.3, -0.25) is 14.4 Å². The number of ketones is 1. The van der Waals surface area contributed by atoms with E-state index in [9.17, 15) is 19.2 Å². The van der Waals surface area contributed by atoms with Gasteiger partial charge in [-0.15, -0.1) is 5.06 Å². The molecule has 3 unspecified atom stereocenters. The highest BCUT2D eigenvalue weighted by molar-refractivity contribution is 5.99. The minimum atomic E-state index is -0.759. The molecule has 0 spiro atoms. The van der Waals surface area contributed by atoms with Gasteiger partial charge < -0.3 is 20.4 Å². The highest BCUT2D eigenvalue weighted by Gasteiger charge is 2.52. The first-order valence-corrected chi connectivity index (χ1v) is 13.2. The van der Waals surface area contributed by atoms with Crippen LogP contribution in [-0.4, -0.2) is 71.4 Å². The Morgan fingerprint density at radius 2 is 1.70 bits per heavy atom. The lowest BCUT2D eigenvalue weighted by molar-refractivity contribution is -0.138. The van der Waals surface area contributed by atoms with E-state index in [1.165, 1.54) is 5.06 Å². The molecular weight excluding hydrogens is 472 g/mol. The maximum atomic E-state index is 13.6. The number of carbonyl (C=O) groups is 4. The molecule has 37 heavy (non-hydrogen) atoms. The van der Waals surface area contributed by atoms with Gasteiger partial charge in [0, 0.05) is 18.7 Å². The number of hydrogen-bond donors (Lipinski definition) is 2. The third kappa shape index (κ3) is 7.09. The van der Waals surface area contributed by atoms with Gasteiger partial charge in [0.05, 0.1) is 12.6 Å². The van der Waals surface area contributed by atoms with E-state index in [1.807, 2.05) is 39.8 Å². The van der Waals surface area contributed by atoms with E-state index in [-0.39, 0.29) is 47.4 Å². The summed E-state index contributed by atoms with van der Waals surface area (Å²) in [4.78, 5) is 58.7. The van der Waals surface area contributed by atoms with Gasteiger partial charge in [0.1, 0.15) is 12.1 Å². The SMILES string of the molecule is CC(C)CNC(=O)ON1CC(=O)C2C1CCN2C(=O)C(CC(C)C)NC(=O)c1ccc(C(C)(C)C)cc1. The van der Waals surface area contributed by atoms with Crippen LogP contribution in [0.1, 0.15) is 77.2 Å². The summed E-state index contributed by atoms with van der Waals surface area (Å²) in [6.07, 6.45) is 0.357. The number of carbonyl (C=O) groups excluding carboxylic acids is 4. The standard InChI is InChI=1S/C28H42N4O5/c1-17(2)14-21(30-25(34)19-8-10-20(11-9-19)28(5,6)7)26(35)31-13-12-22-24(31)23(33)16-32(22)37-27(36)29-15-18(3)4/h8-11,17-18,21-22,24H,12-16H2,1-7H3,(H,29,36)(H,30,34). The molecule has 3 atom stereocenters. The molecule has 2 heterocycles. The summed E-state index contributed by atoms with van der Waals surface area (Å²) in [7, 11) is 0. The molecule has 0 radical (unpaired) electrons. The normalized spacial score (nSPS) is 20.8. The minimum absolute atomic E-state index is 0.0298. The van der Waals surface area contributed by atoms with Crippen molar-refractivity contribution in [2.75, 3.05) is 19.6 Å². The molecule has 9 heteroatoms. The van der Waals surface area contributed by atoms with Crippen LogP contribution in [0.4, 0.5) is 4.79 Å². The van der Waals surface area contributed by atoms with Gasteiger partial charge in [0.25, 0.3) is 5.91 Å². The Balaban J connectivity index is 1.69. The predicted molar refractivity (Wildman–Crippen MR) is 141 cm³/mol. The Morgan fingerprint density at radius 3 is 2.27 bits per heavy atom. The smallest absolute Gasteiger partial charge is 0.350 e. The molecule has 0 bridgehead atoms. The van der Waals surface area contributed by atoms with Crippen molar-refractivity contribution in [1.82, 2.24) is 20.6 Å². The number of Topliss-reactive ketones (excluding diaryl/α,β-unsaturated/α-hetero) is 1. The zero-order chi connectivity index (χ0) is 27.5. The number of hydroxylamine groups is 2. The second-order valence-electron chi connectivity index (χ2n) is 12.0. The van der Waals surface area contributed by atoms with Gasteiger partial charge in [-0.05, 0) is 47.8 Å². The summed E-state index contributed by atoms with van der Waals surface area (Å²) in [5.74, 6) is -0.343. The van der Waals surface area contributed by atoms with Gasteiger partial charge in [-0.1, -0.05) is 60.6 Å². The van der Waals surface area contributed by atoms with Gasteiger partial charge in [-0.25, -0.2) is 4.79 Å². The van der Waals surface area contributed by atoms with Crippen molar-refractivity contribution in [1.29, 1.82) is 0 Å². The quantitative estimate of drug-likeness (QED) is 0.551. The fourth-order valence-corrected chi connectivity index (χ4v) is 4.86. The summed E-state index contributed by atoms with van der Waals surface area (Å²) in [6.45, 7) is 15.0. The van der Waals surface area contributed by atoms with E-state index in [0.29, 0.717) is 31.5 Å². The van der Waals surface area contributed by atoms with Crippen molar-refractivity contribution in [2.24, 2.45) is 11.8 Å². The zero-order valence-corrected chi connectivity index (χ0v) is 23.2. The molecule has 2 aliphatic heterocycles. The first-order chi connectivity index (χ1) is 17.3. The monoisotopic (exact) mass is 514 g/mol. The van der Waals surface area contributed by atoms with Crippen molar-refractivity contribution in [3.8, 4) is 0 Å². The van der Waals surface area contributed by atoms with Crippen LogP contribution in [0.2, 0.25) is 0 Å². The number of rotatable bonds is 8. The predicted octanol–water partition coefficient (Wildman–Crippen LogP) is 3.28. The van der Waals surface area contributed by atoms with Crippen molar-refractivity contribution in [3.05, 3.63) is 35.4 Å². The van der Waals surface area contributed by atoms with Crippen LogP contribution in [0.5, 0.6) is 0 Å². The maximum Gasteiger partial charge on any atom is 0.426 e. The van der Waals surface area contributed by atoms with Crippen LogP contribution in [0.3, 0.4) is 0 Å². The third-order valence-electron chi connectivity index (χ3n) is 6.84. The van der Waals surface area contributed by atoms with E-state index < -0.39 is 18.2 Å². The van der Waals surface area contributed by atoms with Crippen LogP contribution < -0.4 is 10.6 Å². The van der Waals surface area contributed by atoms with Gasteiger partial charge in [0.15, 0.2) is 5.78 Å². The Labute approximate surface area is 220 Å². The first kappa shape index (κ1) is 28.6. The zero-order valence-electron chi connectivity index (χ0n) is 23.2. The number of fused-ring (bicyclic) bond motifs is 1. The Morgan fingerprint density at radius 1 is 1.05 bits per heavy atom. The number of nitrogens with one attached hydrogen (secondary N) is 2. The lowest BCUT2D eigenvalue weighted by atomic mass is 9.86. The van der Waals surface area contributed by atoms with Crippen molar-refractivity contribution >= 4 is 23.7 Å². The summed E-state index contributed by atoms with van der Waals surface area (Å²) >= 11 is 0. The molecular formula is C28H42N4O5. The van der Waals surface area contributed by atoms with Crippen LogP contribution in [0.25, 0.3) is 0 Å². The minimum Gasteiger partial charge on any atom is -0.350 e. The summed E-state index contributed by atoms with van der Waals surface area (Å²) in [6, 6.07) is 5.58. The average molecular weight is 515 g/mol. The Kier molecular flexibility index (Phi) is 9.00. The second kappa shape index (κ2) is 11.6. The molecule has 0 aromatic heterocycles. The molecule has 2 N–H and O–H groups in total. The summed E-state index contributed by atoms with van der Waals surface area (Å²) in [5.41, 5.74) is 1.57. The largest absolute Gasteiger partial charge is 0.426 e. The van der Waals surface area contributed by atoms with E-state index in [1.54, 1.807) is 17.0 Å². The van der Waals surface area contributed by atoms with Gasteiger partial charge in [0.2, 0.25) is 5.91 Å². The molecule has 0 aliphatic carbocycles. The first-order valence-electron chi connectivity index (χ1n) is 13.2. The van der Waals surface area contributed by atoms with Crippen LogP contribution in [-0.2, 0) is 19.8 Å². The molecule has 3 amide bonds. The topological polar surface area (TPSA) is 108 Å². The number of benzene rings is 1. The number of hydrogen-bond acceptors (Lipinski definition) is 6. The van der Waals surface area contributed by atoms with E-state index in [2.05, 4.69) is 31.4 Å².